The summed E-state index contributed by atoms with van der Waals surface area (Å²) in [6, 6.07) is 8.14. The van der Waals surface area contributed by atoms with Gasteiger partial charge in [-0.25, -0.2) is 0 Å². The molecule has 2 heteroatoms. The van der Waals surface area contributed by atoms with E-state index in [0.29, 0.717) is 5.92 Å². The molecule has 2 nitrogen and oxygen atoms in total. The van der Waals surface area contributed by atoms with Gasteiger partial charge in [-0.1, -0.05) is 12.1 Å². The quantitative estimate of drug-likeness (QED) is 0.765. The van der Waals surface area contributed by atoms with Gasteiger partial charge in [0, 0.05) is 6.61 Å². The Morgan fingerprint density at radius 3 is 3.00 bits per heavy atom. The molecule has 0 saturated carbocycles. The first-order valence-corrected chi connectivity index (χ1v) is 4.97. The second-order valence-corrected chi connectivity index (χ2v) is 3.84. The average molecular weight is 187 g/mol. The number of hydrogen-bond donors (Lipinski definition) is 1. The third kappa shape index (κ3) is 1.51. The van der Waals surface area contributed by atoms with Crippen LogP contribution < -0.4 is 0 Å². The zero-order chi connectivity index (χ0) is 9.97. The highest BCUT2D eigenvalue weighted by atomic mass is 16.3. The third-order valence-electron chi connectivity index (χ3n) is 2.93. The van der Waals surface area contributed by atoms with Crippen molar-refractivity contribution in [2.75, 3.05) is 6.61 Å². The molecule has 0 bridgehead atoms. The van der Waals surface area contributed by atoms with E-state index >= 15 is 0 Å². The van der Waals surface area contributed by atoms with Crippen molar-refractivity contribution in [2.45, 2.75) is 19.3 Å². The van der Waals surface area contributed by atoms with Crippen LogP contribution in [0.15, 0.2) is 18.2 Å². The van der Waals surface area contributed by atoms with Crippen LogP contribution in [-0.2, 0) is 12.8 Å². The maximum atomic E-state index is 8.92. The third-order valence-corrected chi connectivity index (χ3v) is 2.93. The molecule has 0 heterocycles. The minimum absolute atomic E-state index is 0.251. The summed E-state index contributed by atoms with van der Waals surface area (Å²) in [6.07, 6.45) is 2.82. The van der Waals surface area contributed by atoms with Crippen molar-refractivity contribution in [3.8, 4) is 6.07 Å². The molecule has 0 radical (unpaired) electrons. The van der Waals surface area contributed by atoms with E-state index in [4.69, 9.17) is 10.4 Å². The van der Waals surface area contributed by atoms with Crippen LogP contribution in [0.2, 0.25) is 0 Å². The molecule has 0 spiro atoms. The Morgan fingerprint density at radius 1 is 1.43 bits per heavy atom. The van der Waals surface area contributed by atoms with Gasteiger partial charge in [-0.3, -0.25) is 0 Å². The largest absolute Gasteiger partial charge is 0.396 e. The van der Waals surface area contributed by atoms with Crippen molar-refractivity contribution < 1.29 is 5.11 Å². The van der Waals surface area contributed by atoms with Crippen LogP contribution in [0.1, 0.15) is 23.1 Å². The first-order chi connectivity index (χ1) is 6.85. The molecule has 0 saturated heterocycles. The van der Waals surface area contributed by atoms with E-state index < -0.39 is 0 Å². The maximum absolute atomic E-state index is 8.92. The molecule has 1 unspecified atom stereocenters. The lowest BCUT2D eigenvalue weighted by molar-refractivity contribution is 0.259. The van der Waals surface area contributed by atoms with Crippen LogP contribution in [0.3, 0.4) is 0 Å². The Bertz CT molecular complexity index is 378. The second-order valence-electron chi connectivity index (χ2n) is 3.84. The Kier molecular flexibility index (Phi) is 2.51. The van der Waals surface area contributed by atoms with Gasteiger partial charge in [0.15, 0.2) is 0 Å². The van der Waals surface area contributed by atoms with Gasteiger partial charge in [0.1, 0.15) is 0 Å². The van der Waals surface area contributed by atoms with E-state index in [1.807, 2.05) is 12.1 Å². The first-order valence-electron chi connectivity index (χ1n) is 4.97. The molecule has 0 fully saturated rings. The summed E-state index contributed by atoms with van der Waals surface area (Å²) in [5.41, 5.74) is 3.30. The molecule has 1 aliphatic carbocycles. The van der Waals surface area contributed by atoms with E-state index in [-0.39, 0.29) is 6.61 Å². The lowest BCUT2D eigenvalue weighted by Gasteiger charge is -2.04. The van der Waals surface area contributed by atoms with Gasteiger partial charge in [-0.2, -0.15) is 5.26 Å². The summed E-state index contributed by atoms with van der Waals surface area (Å²) in [5.74, 6) is 0.532. The van der Waals surface area contributed by atoms with Crippen LogP contribution in [0.5, 0.6) is 0 Å². The predicted octanol–water partition coefficient (Wildman–Crippen LogP) is 1.66. The molecule has 0 amide bonds. The summed E-state index contributed by atoms with van der Waals surface area (Å²) >= 11 is 0. The van der Waals surface area contributed by atoms with Crippen LogP contribution in [-0.4, -0.2) is 11.7 Å². The first kappa shape index (κ1) is 9.23. The zero-order valence-electron chi connectivity index (χ0n) is 8.03. The van der Waals surface area contributed by atoms with Crippen LogP contribution in [0.4, 0.5) is 0 Å². The fourth-order valence-electron chi connectivity index (χ4n) is 2.23. The molecular formula is C12H13NO. The monoisotopic (exact) mass is 187 g/mol. The molecule has 1 atom stereocenters. The van der Waals surface area contributed by atoms with Crippen molar-refractivity contribution in [1.29, 1.82) is 5.26 Å². The smallest absolute Gasteiger partial charge is 0.0994 e. The number of benzene rings is 1. The van der Waals surface area contributed by atoms with Gasteiger partial charge >= 0.3 is 0 Å². The molecule has 1 aromatic rings. The molecule has 14 heavy (non-hydrogen) atoms. The summed E-state index contributed by atoms with van der Waals surface area (Å²) in [6.45, 7) is 0.251. The fraction of sp³-hybridized carbons (Fsp3) is 0.417. The summed E-state index contributed by atoms with van der Waals surface area (Å²) in [5, 5.41) is 17.8. The van der Waals surface area contributed by atoms with Crippen molar-refractivity contribution in [3.63, 3.8) is 0 Å². The van der Waals surface area contributed by atoms with Crippen molar-refractivity contribution in [2.24, 2.45) is 5.92 Å². The fourth-order valence-corrected chi connectivity index (χ4v) is 2.23. The Hall–Kier alpha value is -1.33. The lowest BCUT2D eigenvalue weighted by Crippen LogP contribution is -2.01. The Balaban J connectivity index is 2.27. The number of aliphatic hydroxyl groups is 1. The molecular weight excluding hydrogens is 174 g/mol. The van der Waals surface area contributed by atoms with Gasteiger partial charge in [0.05, 0.1) is 11.6 Å². The Labute approximate surface area is 83.8 Å². The normalized spacial score (nSPS) is 19.0. The summed E-state index contributed by atoms with van der Waals surface area (Å²) < 4.78 is 0. The average Bonchev–Trinajstić information content (AvgIpc) is 2.60. The van der Waals surface area contributed by atoms with Gasteiger partial charge in [0.2, 0.25) is 0 Å². The van der Waals surface area contributed by atoms with E-state index in [0.717, 1.165) is 24.8 Å². The molecule has 1 N–H and O–H groups in total. The molecule has 0 aliphatic heterocycles. The van der Waals surface area contributed by atoms with E-state index in [9.17, 15) is 0 Å². The highest BCUT2D eigenvalue weighted by Crippen LogP contribution is 2.30. The minimum atomic E-state index is 0.251. The Morgan fingerprint density at radius 2 is 2.29 bits per heavy atom. The molecule has 2 rings (SSSR count). The number of rotatable bonds is 2. The van der Waals surface area contributed by atoms with Crippen LogP contribution >= 0.6 is 0 Å². The maximum Gasteiger partial charge on any atom is 0.0994 e. The topological polar surface area (TPSA) is 44.0 Å². The highest BCUT2D eigenvalue weighted by Gasteiger charge is 2.22. The number of nitrogens with zero attached hydrogens (tertiary/aromatic N) is 1. The standard InChI is InChI=1S/C12H13NO/c13-8-11-3-1-2-10-6-9(4-5-14)7-12(10)11/h1-3,9,14H,4-7H2. The van der Waals surface area contributed by atoms with Crippen molar-refractivity contribution in [1.82, 2.24) is 0 Å². The molecule has 72 valence electrons. The predicted molar refractivity (Wildman–Crippen MR) is 53.8 cm³/mol. The number of aliphatic hydroxyl groups excluding tert-OH is 1. The van der Waals surface area contributed by atoms with E-state index in [2.05, 4.69) is 12.1 Å². The van der Waals surface area contributed by atoms with Crippen LogP contribution in [0.25, 0.3) is 0 Å². The summed E-state index contributed by atoms with van der Waals surface area (Å²) in [4.78, 5) is 0. The summed E-state index contributed by atoms with van der Waals surface area (Å²) in [7, 11) is 0. The van der Waals surface area contributed by atoms with Gasteiger partial charge in [0.25, 0.3) is 0 Å². The van der Waals surface area contributed by atoms with Crippen molar-refractivity contribution >= 4 is 0 Å². The van der Waals surface area contributed by atoms with E-state index in [1.54, 1.807) is 0 Å². The van der Waals surface area contributed by atoms with Crippen LogP contribution in [0, 0.1) is 17.2 Å². The lowest BCUT2D eigenvalue weighted by atomic mass is 10.0. The van der Waals surface area contributed by atoms with Crippen molar-refractivity contribution in [3.05, 3.63) is 34.9 Å². The molecule has 1 aromatic carbocycles. The van der Waals surface area contributed by atoms with Gasteiger partial charge in [-0.05, 0) is 42.4 Å². The minimum Gasteiger partial charge on any atom is -0.396 e. The highest BCUT2D eigenvalue weighted by molar-refractivity contribution is 5.45. The van der Waals surface area contributed by atoms with Gasteiger partial charge in [-0.15, -0.1) is 0 Å². The molecule has 1 aliphatic rings. The number of fused-ring (bicyclic) bond motifs is 1. The second kappa shape index (κ2) is 3.81. The van der Waals surface area contributed by atoms with E-state index in [1.165, 1.54) is 11.1 Å². The molecule has 0 aromatic heterocycles. The van der Waals surface area contributed by atoms with Gasteiger partial charge < -0.3 is 5.11 Å². The zero-order valence-corrected chi connectivity index (χ0v) is 8.03. The number of hydrogen-bond acceptors (Lipinski definition) is 2. The number of nitriles is 1. The SMILES string of the molecule is N#Cc1cccc2c1CC(CCO)C2.